The van der Waals surface area contributed by atoms with E-state index in [1.165, 1.54) is 10.9 Å². The highest BCUT2D eigenvalue weighted by atomic mass is 32.1. The highest BCUT2D eigenvalue weighted by molar-refractivity contribution is 7.83. The molecule has 0 aliphatic rings. The standard InChI is InChI=1S/C15H21PS/c1-4-15(11-12-17)10-6-8-13(2)7-5-9-14(3)16/h5-12,17H,2,4,16H2,1,3H3/b7-5-,8-6+,12-11-,14-9+,15-10-. The van der Waals surface area contributed by atoms with Crippen LogP contribution < -0.4 is 0 Å². The van der Waals surface area contributed by atoms with E-state index in [0.29, 0.717) is 0 Å². The molecule has 0 saturated carbocycles. The normalized spacial score (nSPS) is 14.4. The van der Waals surface area contributed by atoms with E-state index in [1.54, 1.807) is 5.41 Å². The minimum atomic E-state index is 0.981. The van der Waals surface area contributed by atoms with E-state index < -0.39 is 0 Å². The number of hydrogen-bond acceptors (Lipinski definition) is 1. The third-order valence-corrected chi connectivity index (χ3v) is 2.33. The van der Waals surface area contributed by atoms with E-state index >= 15 is 0 Å². The molecule has 0 heterocycles. The van der Waals surface area contributed by atoms with Crippen molar-refractivity contribution in [1.82, 2.24) is 0 Å². The molecule has 0 bridgehead atoms. The Morgan fingerprint density at radius 3 is 2.24 bits per heavy atom. The van der Waals surface area contributed by atoms with Crippen molar-refractivity contribution in [1.29, 1.82) is 0 Å². The Labute approximate surface area is 113 Å². The summed E-state index contributed by atoms with van der Waals surface area (Å²) in [7, 11) is 2.64. The fraction of sp³-hybridized carbons (Fsp3) is 0.200. The Morgan fingerprint density at radius 2 is 1.76 bits per heavy atom. The number of rotatable bonds is 6. The minimum Gasteiger partial charge on any atom is -0.151 e. The zero-order valence-electron chi connectivity index (χ0n) is 10.6. The Hall–Kier alpha value is -0.780. The number of thiol groups is 1. The zero-order valence-corrected chi connectivity index (χ0v) is 12.6. The summed E-state index contributed by atoms with van der Waals surface area (Å²) in [4.78, 5) is 0. The van der Waals surface area contributed by atoms with Crippen molar-refractivity contribution in [3.05, 3.63) is 71.0 Å². The first-order valence-corrected chi connectivity index (χ1v) is 6.66. The number of allylic oxidation sites excluding steroid dienone is 10. The highest BCUT2D eigenvalue weighted by Gasteiger charge is 1.84. The van der Waals surface area contributed by atoms with Gasteiger partial charge in [0.1, 0.15) is 0 Å². The summed E-state index contributed by atoms with van der Waals surface area (Å²) in [6, 6.07) is 0. The lowest BCUT2D eigenvalue weighted by Crippen LogP contribution is -1.72. The van der Waals surface area contributed by atoms with E-state index in [9.17, 15) is 0 Å². The van der Waals surface area contributed by atoms with Gasteiger partial charge in [-0.3, -0.25) is 0 Å². The fourth-order valence-corrected chi connectivity index (χ4v) is 1.36. The van der Waals surface area contributed by atoms with E-state index in [0.717, 1.165) is 12.0 Å². The maximum atomic E-state index is 4.06. The molecule has 0 radical (unpaired) electrons. The molecule has 92 valence electrons. The molecule has 0 fully saturated rings. The predicted octanol–water partition coefficient (Wildman–Crippen LogP) is 5.21. The molecule has 1 atom stereocenters. The van der Waals surface area contributed by atoms with Crippen molar-refractivity contribution < 1.29 is 0 Å². The third-order valence-electron chi connectivity index (χ3n) is 1.99. The monoisotopic (exact) mass is 264 g/mol. The first-order chi connectivity index (χ1) is 8.10. The topological polar surface area (TPSA) is 0 Å². The second-order valence-corrected chi connectivity index (χ2v) is 4.82. The molecular formula is C15H21PS. The van der Waals surface area contributed by atoms with Crippen LogP contribution in [0.15, 0.2) is 71.0 Å². The molecule has 0 aromatic rings. The van der Waals surface area contributed by atoms with Crippen LogP contribution in [-0.2, 0) is 0 Å². The van der Waals surface area contributed by atoms with Crippen LogP contribution in [0.5, 0.6) is 0 Å². The Morgan fingerprint density at radius 1 is 1.18 bits per heavy atom. The van der Waals surface area contributed by atoms with Crippen LogP contribution in [0, 0.1) is 0 Å². The summed E-state index contributed by atoms with van der Waals surface area (Å²) in [6.45, 7) is 8.10. The van der Waals surface area contributed by atoms with Gasteiger partial charge in [-0.05, 0) is 29.9 Å². The van der Waals surface area contributed by atoms with Crippen molar-refractivity contribution in [2.75, 3.05) is 0 Å². The van der Waals surface area contributed by atoms with Gasteiger partial charge in [-0.15, -0.1) is 9.24 Å². The molecule has 0 saturated heterocycles. The van der Waals surface area contributed by atoms with Gasteiger partial charge in [0.15, 0.2) is 0 Å². The van der Waals surface area contributed by atoms with Crippen LogP contribution in [0.3, 0.4) is 0 Å². The maximum absolute atomic E-state index is 4.06. The van der Waals surface area contributed by atoms with E-state index in [2.05, 4.69) is 41.4 Å². The van der Waals surface area contributed by atoms with Crippen LogP contribution >= 0.6 is 21.9 Å². The van der Waals surface area contributed by atoms with Gasteiger partial charge in [0.05, 0.1) is 0 Å². The number of hydrogen-bond donors (Lipinski definition) is 1. The van der Waals surface area contributed by atoms with Gasteiger partial charge >= 0.3 is 0 Å². The lowest BCUT2D eigenvalue weighted by Gasteiger charge is -1.93. The van der Waals surface area contributed by atoms with Crippen molar-refractivity contribution in [3.63, 3.8) is 0 Å². The zero-order chi connectivity index (χ0) is 13.1. The molecule has 0 aromatic carbocycles. The van der Waals surface area contributed by atoms with Crippen molar-refractivity contribution >= 4 is 21.9 Å². The molecule has 0 aliphatic carbocycles. The van der Waals surface area contributed by atoms with Crippen LogP contribution in [-0.4, -0.2) is 0 Å². The molecule has 0 N–H and O–H groups in total. The summed E-state index contributed by atoms with van der Waals surface area (Å²) in [5, 5.41) is 2.95. The predicted molar refractivity (Wildman–Crippen MR) is 87.4 cm³/mol. The van der Waals surface area contributed by atoms with Gasteiger partial charge < -0.3 is 0 Å². The van der Waals surface area contributed by atoms with Gasteiger partial charge in [0, 0.05) is 0 Å². The van der Waals surface area contributed by atoms with Gasteiger partial charge in [-0.2, -0.15) is 12.6 Å². The van der Waals surface area contributed by atoms with Crippen LogP contribution in [0.2, 0.25) is 0 Å². The first kappa shape index (κ1) is 16.2. The smallest absolute Gasteiger partial charge is 0.0307 e. The molecule has 0 rings (SSSR count). The average molecular weight is 264 g/mol. The molecule has 0 nitrogen and oxygen atoms in total. The Bertz CT molecular complexity index is 378. The van der Waals surface area contributed by atoms with Crippen LogP contribution in [0.4, 0.5) is 0 Å². The SMILES string of the molecule is C=C(/C=C\C=C(/C)P)/C=C/C=C(\C=C/S)CC. The lowest BCUT2D eigenvalue weighted by atomic mass is 10.1. The van der Waals surface area contributed by atoms with Crippen molar-refractivity contribution in [2.24, 2.45) is 0 Å². The summed E-state index contributed by atoms with van der Waals surface area (Å²) < 4.78 is 0. The van der Waals surface area contributed by atoms with Gasteiger partial charge in [0.25, 0.3) is 0 Å². The molecule has 1 unspecified atom stereocenters. The van der Waals surface area contributed by atoms with E-state index in [1.807, 2.05) is 43.4 Å². The highest BCUT2D eigenvalue weighted by Crippen LogP contribution is 2.06. The molecule has 0 spiro atoms. The summed E-state index contributed by atoms with van der Waals surface area (Å²) in [5.41, 5.74) is 2.22. The summed E-state index contributed by atoms with van der Waals surface area (Å²) >= 11 is 4.06. The molecule has 0 amide bonds. The first-order valence-electron chi connectivity index (χ1n) is 5.57. The molecule has 17 heavy (non-hydrogen) atoms. The summed E-state index contributed by atoms with van der Waals surface area (Å²) in [6.07, 6.45) is 15.1. The molecular weight excluding hydrogens is 243 g/mol. The fourth-order valence-electron chi connectivity index (χ4n) is 1.06. The molecule has 0 aromatic heterocycles. The minimum absolute atomic E-state index is 0.981. The second kappa shape index (κ2) is 10.4. The van der Waals surface area contributed by atoms with Gasteiger partial charge in [0.2, 0.25) is 0 Å². The average Bonchev–Trinajstić information content (AvgIpc) is 2.27. The largest absolute Gasteiger partial charge is 0.151 e. The third kappa shape index (κ3) is 10.1. The van der Waals surface area contributed by atoms with Crippen molar-refractivity contribution in [2.45, 2.75) is 20.3 Å². The van der Waals surface area contributed by atoms with E-state index in [4.69, 9.17) is 0 Å². The quantitative estimate of drug-likeness (QED) is 0.380. The van der Waals surface area contributed by atoms with Crippen LogP contribution in [0.1, 0.15) is 20.3 Å². The van der Waals surface area contributed by atoms with Crippen molar-refractivity contribution in [3.8, 4) is 0 Å². The second-order valence-electron chi connectivity index (χ2n) is 3.61. The molecule has 0 aliphatic heterocycles. The maximum Gasteiger partial charge on any atom is -0.0307 e. The Balaban J connectivity index is 4.38. The molecule has 2 heteroatoms. The summed E-state index contributed by atoms with van der Waals surface area (Å²) in [5.74, 6) is 0. The van der Waals surface area contributed by atoms with Gasteiger partial charge in [-0.1, -0.05) is 61.3 Å². The van der Waals surface area contributed by atoms with E-state index in [-0.39, 0.29) is 0 Å². The van der Waals surface area contributed by atoms with Crippen LogP contribution in [0.25, 0.3) is 0 Å². The Kier molecular flexibility index (Phi) is 9.90. The van der Waals surface area contributed by atoms with Gasteiger partial charge in [-0.25, -0.2) is 0 Å². The lowest BCUT2D eigenvalue weighted by molar-refractivity contribution is 1.15.